The SMILES string of the molecule is O=C(NCc1ccccn1)Nc1ccc(F)cc1C(=O)O. The molecule has 1 aromatic heterocycles. The van der Waals surface area contributed by atoms with Crippen molar-refractivity contribution in [1.29, 1.82) is 0 Å². The van der Waals surface area contributed by atoms with Gasteiger partial charge in [-0.1, -0.05) is 6.07 Å². The molecular formula is C14H12FN3O3. The fourth-order valence-corrected chi connectivity index (χ4v) is 1.64. The zero-order valence-electron chi connectivity index (χ0n) is 10.8. The standard InChI is InChI=1S/C14H12FN3O3/c15-9-4-5-12(11(7-9)13(19)20)18-14(21)17-8-10-3-1-2-6-16-10/h1-7H,8H2,(H,19,20)(H2,17,18,21). The average Bonchev–Trinajstić information content (AvgIpc) is 2.48. The number of carboxylic acid groups (broad SMARTS) is 1. The number of aromatic carboxylic acids is 1. The molecule has 21 heavy (non-hydrogen) atoms. The van der Waals surface area contributed by atoms with Crippen LogP contribution in [0.4, 0.5) is 14.9 Å². The van der Waals surface area contributed by atoms with E-state index in [1.807, 2.05) is 0 Å². The monoisotopic (exact) mass is 289 g/mol. The summed E-state index contributed by atoms with van der Waals surface area (Å²) in [5.41, 5.74) is 0.357. The normalized spacial score (nSPS) is 9.95. The van der Waals surface area contributed by atoms with Gasteiger partial charge in [-0.25, -0.2) is 14.0 Å². The van der Waals surface area contributed by atoms with Gasteiger partial charge in [-0.05, 0) is 30.3 Å². The van der Waals surface area contributed by atoms with E-state index < -0.39 is 17.8 Å². The lowest BCUT2D eigenvalue weighted by molar-refractivity contribution is 0.0697. The van der Waals surface area contributed by atoms with Gasteiger partial charge in [0.05, 0.1) is 23.5 Å². The second-order valence-corrected chi connectivity index (χ2v) is 4.12. The third-order valence-corrected chi connectivity index (χ3v) is 2.62. The van der Waals surface area contributed by atoms with E-state index in [9.17, 15) is 14.0 Å². The molecule has 0 unspecified atom stereocenters. The van der Waals surface area contributed by atoms with Gasteiger partial charge >= 0.3 is 12.0 Å². The summed E-state index contributed by atoms with van der Waals surface area (Å²) in [6, 6.07) is 7.78. The molecule has 0 saturated carbocycles. The molecule has 6 nitrogen and oxygen atoms in total. The van der Waals surface area contributed by atoms with E-state index in [2.05, 4.69) is 15.6 Å². The molecule has 0 aliphatic heterocycles. The van der Waals surface area contributed by atoms with Gasteiger partial charge in [0.25, 0.3) is 0 Å². The van der Waals surface area contributed by atoms with Crippen molar-refractivity contribution in [2.45, 2.75) is 6.54 Å². The van der Waals surface area contributed by atoms with E-state index in [4.69, 9.17) is 5.11 Å². The summed E-state index contributed by atoms with van der Waals surface area (Å²) >= 11 is 0. The fraction of sp³-hybridized carbons (Fsp3) is 0.0714. The first kappa shape index (κ1) is 14.4. The maximum Gasteiger partial charge on any atom is 0.337 e. The van der Waals surface area contributed by atoms with Gasteiger partial charge in [0.15, 0.2) is 0 Å². The van der Waals surface area contributed by atoms with Crippen LogP contribution in [0.15, 0.2) is 42.6 Å². The van der Waals surface area contributed by atoms with Gasteiger partial charge in [0, 0.05) is 6.20 Å². The zero-order chi connectivity index (χ0) is 15.2. The van der Waals surface area contributed by atoms with E-state index in [1.165, 1.54) is 6.07 Å². The molecule has 0 radical (unpaired) electrons. The van der Waals surface area contributed by atoms with Crippen LogP contribution in [0.3, 0.4) is 0 Å². The number of hydrogen-bond acceptors (Lipinski definition) is 3. The Morgan fingerprint density at radius 1 is 1.24 bits per heavy atom. The molecule has 1 aromatic carbocycles. The summed E-state index contributed by atoms with van der Waals surface area (Å²) in [7, 11) is 0. The van der Waals surface area contributed by atoms with E-state index >= 15 is 0 Å². The van der Waals surface area contributed by atoms with Crippen LogP contribution in [-0.2, 0) is 6.54 Å². The van der Waals surface area contributed by atoms with Gasteiger partial charge < -0.3 is 15.7 Å². The number of hydrogen-bond donors (Lipinski definition) is 3. The minimum Gasteiger partial charge on any atom is -0.478 e. The predicted octanol–water partition coefficient (Wildman–Crippen LogP) is 2.24. The van der Waals surface area contributed by atoms with Crippen LogP contribution in [0.25, 0.3) is 0 Å². The molecule has 2 aromatic rings. The third kappa shape index (κ3) is 4.00. The molecule has 7 heteroatoms. The molecule has 0 atom stereocenters. The molecule has 0 aliphatic carbocycles. The van der Waals surface area contributed by atoms with E-state index in [1.54, 1.807) is 24.4 Å². The van der Waals surface area contributed by atoms with E-state index in [0.717, 1.165) is 12.1 Å². The lowest BCUT2D eigenvalue weighted by Crippen LogP contribution is -2.29. The number of aromatic nitrogens is 1. The minimum absolute atomic E-state index is 0.0161. The van der Waals surface area contributed by atoms with Crippen LogP contribution < -0.4 is 10.6 Å². The molecule has 0 bridgehead atoms. The summed E-state index contributed by atoms with van der Waals surface area (Å²) in [6.45, 7) is 0.191. The number of nitrogens with one attached hydrogen (secondary N) is 2. The van der Waals surface area contributed by atoms with Gasteiger partial charge in [0.2, 0.25) is 0 Å². The Balaban J connectivity index is 2.01. The third-order valence-electron chi connectivity index (χ3n) is 2.62. The second kappa shape index (κ2) is 6.47. The molecule has 0 aliphatic rings. The number of amides is 2. The number of urea groups is 1. The van der Waals surface area contributed by atoms with Crippen molar-refractivity contribution in [2.24, 2.45) is 0 Å². The van der Waals surface area contributed by atoms with Crippen LogP contribution in [0.1, 0.15) is 16.1 Å². The van der Waals surface area contributed by atoms with Crippen LogP contribution in [-0.4, -0.2) is 22.1 Å². The number of carbonyl (C=O) groups is 2. The number of carboxylic acids is 1. The predicted molar refractivity (Wildman–Crippen MR) is 73.5 cm³/mol. The maximum absolute atomic E-state index is 13.0. The van der Waals surface area contributed by atoms with Crippen molar-refractivity contribution in [1.82, 2.24) is 10.3 Å². The quantitative estimate of drug-likeness (QED) is 0.805. The Kier molecular flexibility index (Phi) is 4.45. The first-order valence-corrected chi connectivity index (χ1v) is 6.04. The molecule has 0 saturated heterocycles. The molecule has 0 spiro atoms. The number of pyridine rings is 1. The van der Waals surface area contributed by atoms with Crippen molar-refractivity contribution in [3.63, 3.8) is 0 Å². The van der Waals surface area contributed by atoms with Crippen molar-refractivity contribution in [3.8, 4) is 0 Å². The first-order chi connectivity index (χ1) is 10.1. The molecular weight excluding hydrogens is 277 g/mol. The number of anilines is 1. The van der Waals surface area contributed by atoms with Gasteiger partial charge in [-0.2, -0.15) is 0 Å². The number of carbonyl (C=O) groups excluding carboxylic acids is 1. The molecule has 2 rings (SSSR count). The molecule has 0 fully saturated rings. The lowest BCUT2D eigenvalue weighted by atomic mass is 10.2. The highest BCUT2D eigenvalue weighted by atomic mass is 19.1. The van der Waals surface area contributed by atoms with Crippen LogP contribution in [0, 0.1) is 5.82 Å². The van der Waals surface area contributed by atoms with E-state index in [-0.39, 0.29) is 17.8 Å². The topological polar surface area (TPSA) is 91.3 Å². The largest absolute Gasteiger partial charge is 0.478 e. The highest BCUT2D eigenvalue weighted by molar-refractivity contribution is 5.99. The van der Waals surface area contributed by atoms with Crippen molar-refractivity contribution >= 4 is 17.7 Å². The molecule has 108 valence electrons. The van der Waals surface area contributed by atoms with Gasteiger partial charge in [-0.3, -0.25) is 4.98 Å². The number of halogens is 1. The highest BCUT2D eigenvalue weighted by Gasteiger charge is 2.13. The Bertz CT molecular complexity index is 662. The second-order valence-electron chi connectivity index (χ2n) is 4.12. The first-order valence-electron chi connectivity index (χ1n) is 6.04. The van der Waals surface area contributed by atoms with E-state index in [0.29, 0.717) is 5.69 Å². The number of rotatable bonds is 4. The number of benzene rings is 1. The Hall–Kier alpha value is -2.96. The molecule has 2 amide bonds. The Morgan fingerprint density at radius 2 is 2.05 bits per heavy atom. The maximum atomic E-state index is 13.0. The number of nitrogens with zero attached hydrogens (tertiary/aromatic N) is 1. The lowest BCUT2D eigenvalue weighted by Gasteiger charge is -2.09. The van der Waals surface area contributed by atoms with Gasteiger partial charge in [0.1, 0.15) is 5.82 Å². The molecule has 3 N–H and O–H groups in total. The summed E-state index contributed by atoms with van der Waals surface area (Å²) < 4.78 is 13.0. The van der Waals surface area contributed by atoms with Crippen LogP contribution in [0.2, 0.25) is 0 Å². The summed E-state index contributed by atoms with van der Waals surface area (Å²) in [5.74, 6) is -2.01. The molecule has 1 heterocycles. The highest BCUT2D eigenvalue weighted by Crippen LogP contribution is 2.16. The Labute approximate surface area is 119 Å². The van der Waals surface area contributed by atoms with Crippen molar-refractivity contribution in [2.75, 3.05) is 5.32 Å². The fourth-order valence-electron chi connectivity index (χ4n) is 1.64. The van der Waals surface area contributed by atoms with Crippen molar-refractivity contribution < 1.29 is 19.1 Å². The summed E-state index contributed by atoms with van der Waals surface area (Å²) in [4.78, 5) is 26.7. The van der Waals surface area contributed by atoms with Crippen molar-refractivity contribution in [3.05, 3.63) is 59.7 Å². The minimum atomic E-state index is -1.32. The smallest absolute Gasteiger partial charge is 0.337 e. The van der Waals surface area contributed by atoms with Crippen LogP contribution >= 0.6 is 0 Å². The van der Waals surface area contributed by atoms with Gasteiger partial charge in [-0.15, -0.1) is 0 Å². The van der Waals surface area contributed by atoms with Crippen LogP contribution in [0.5, 0.6) is 0 Å². The summed E-state index contributed by atoms with van der Waals surface area (Å²) in [6.07, 6.45) is 1.59. The zero-order valence-corrected chi connectivity index (χ0v) is 10.8. The summed E-state index contributed by atoms with van der Waals surface area (Å²) in [5, 5.41) is 13.9. The Morgan fingerprint density at radius 3 is 2.71 bits per heavy atom. The average molecular weight is 289 g/mol.